The summed E-state index contributed by atoms with van der Waals surface area (Å²) in [6, 6.07) is 2.74. The molecule has 1 atom stereocenters. The summed E-state index contributed by atoms with van der Waals surface area (Å²) < 4.78 is 5.41. The highest BCUT2D eigenvalue weighted by atomic mass is 127. The molecule has 0 radical (unpaired) electrons. The molecule has 2 N–H and O–H groups in total. The van der Waals surface area contributed by atoms with Gasteiger partial charge in [-0.2, -0.15) is 0 Å². The number of aliphatic imine (C=N–C) groups is 1. The van der Waals surface area contributed by atoms with Crippen LogP contribution in [-0.4, -0.2) is 80.8 Å². The number of morpholine rings is 1. The molecule has 8 heteroatoms. The Kier molecular flexibility index (Phi) is 11.1. The smallest absolute Gasteiger partial charge is 0.191 e. The molecule has 1 aromatic rings. The maximum absolute atomic E-state index is 5.41. The lowest BCUT2D eigenvalue weighted by molar-refractivity contribution is 0.0376. The van der Waals surface area contributed by atoms with Crippen LogP contribution in [-0.2, 0) is 17.7 Å². The van der Waals surface area contributed by atoms with Gasteiger partial charge in [-0.05, 0) is 50.2 Å². The molecule has 0 bridgehead atoms. The van der Waals surface area contributed by atoms with E-state index >= 15 is 0 Å². The maximum Gasteiger partial charge on any atom is 0.191 e. The molecule has 3 heterocycles. The third kappa shape index (κ3) is 7.44. The zero-order valence-corrected chi connectivity index (χ0v) is 20.4. The molecule has 3 rings (SSSR count). The van der Waals surface area contributed by atoms with Crippen molar-refractivity contribution in [2.24, 2.45) is 4.99 Å². The van der Waals surface area contributed by atoms with Gasteiger partial charge in [0, 0.05) is 50.2 Å². The Bertz CT molecular complexity index is 591. The van der Waals surface area contributed by atoms with Crippen LogP contribution in [0.4, 0.5) is 0 Å². The van der Waals surface area contributed by atoms with Gasteiger partial charge in [0.2, 0.25) is 0 Å². The monoisotopic (exact) mass is 521 g/mol. The van der Waals surface area contributed by atoms with E-state index < -0.39 is 0 Å². The van der Waals surface area contributed by atoms with Gasteiger partial charge in [-0.15, -0.1) is 35.3 Å². The quantitative estimate of drug-likeness (QED) is 0.238. The fraction of sp³-hybridized carbons (Fsp3) is 0.750. The van der Waals surface area contributed by atoms with Gasteiger partial charge in [0.15, 0.2) is 5.96 Å². The Labute approximate surface area is 191 Å². The van der Waals surface area contributed by atoms with Crippen molar-refractivity contribution in [1.29, 1.82) is 0 Å². The second-order valence-corrected chi connectivity index (χ2v) is 8.39. The van der Waals surface area contributed by atoms with Crippen LogP contribution in [0.3, 0.4) is 0 Å². The van der Waals surface area contributed by atoms with Gasteiger partial charge in [0.1, 0.15) is 0 Å². The average Bonchev–Trinajstić information content (AvgIpc) is 3.17. The molecule has 1 aromatic heterocycles. The van der Waals surface area contributed by atoms with Gasteiger partial charge >= 0.3 is 0 Å². The first-order chi connectivity index (χ1) is 13.3. The van der Waals surface area contributed by atoms with Crippen LogP contribution in [0.1, 0.15) is 30.7 Å². The number of guanidine groups is 1. The van der Waals surface area contributed by atoms with Gasteiger partial charge in [0.25, 0.3) is 0 Å². The summed E-state index contributed by atoms with van der Waals surface area (Å²) in [6.07, 6.45) is 2.31. The van der Waals surface area contributed by atoms with Crippen LogP contribution < -0.4 is 10.6 Å². The Morgan fingerprint density at radius 1 is 1.29 bits per heavy atom. The molecular formula is C20H36IN5OS. The molecular weight excluding hydrogens is 485 g/mol. The highest BCUT2D eigenvalue weighted by Crippen LogP contribution is 2.25. The molecule has 0 aliphatic carbocycles. The van der Waals surface area contributed by atoms with E-state index in [1.165, 1.54) is 12.0 Å². The third-order valence-electron chi connectivity index (χ3n) is 5.37. The van der Waals surface area contributed by atoms with Gasteiger partial charge < -0.3 is 15.4 Å². The summed E-state index contributed by atoms with van der Waals surface area (Å²) in [5, 5.41) is 9.10. The van der Waals surface area contributed by atoms with Crippen molar-refractivity contribution in [2.45, 2.75) is 39.3 Å². The lowest BCUT2D eigenvalue weighted by atomic mass is 10.1. The lowest BCUT2D eigenvalue weighted by Gasteiger charge is -2.31. The Morgan fingerprint density at radius 2 is 2.11 bits per heavy atom. The summed E-state index contributed by atoms with van der Waals surface area (Å²) in [7, 11) is 0. The van der Waals surface area contributed by atoms with Crippen LogP contribution in [0, 0.1) is 0 Å². The summed E-state index contributed by atoms with van der Waals surface area (Å²) in [5.74, 6) is 0.944. The molecule has 1 saturated heterocycles. The molecule has 2 aliphatic heterocycles. The van der Waals surface area contributed by atoms with E-state index in [4.69, 9.17) is 9.73 Å². The van der Waals surface area contributed by atoms with Crippen LogP contribution >= 0.6 is 35.3 Å². The van der Waals surface area contributed by atoms with Gasteiger partial charge in [-0.1, -0.05) is 0 Å². The molecule has 1 fully saturated rings. The molecule has 0 amide bonds. The Morgan fingerprint density at radius 3 is 2.89 bits per heavy atom. The number of fused-ring (bicyclic) bond motifs is 1. The molecule has 6 nitrogen and oxygen atoms in total. The number of ether oxygens (including phenoxy) is 1. The minimum absolute atomic E-state index is 0. The lowest BCUT2D eigenvalue weighted by Crippen LogP contribution is -2.42. The number of halogens is 1. The number of rotatable bonds is 8. The topological polar surface area (TPSA) is 52.1 Å². The summed E-state index contributed by atoms with van der Waals surface area (Å²) >= 11 is 1.90. The van der Waals surface area contributed by atoms with Gasteiger partial charge in [0.05, 0.1) is 19.8 Å². The zero-order valence-electron chi connectivity index (χ0n) is 17.3. The summed E-state index contributed by atoms with van der Waals surface area (Å²) in [6.45, 7) is 14.3. The fourth-order valence-corrected chi connectivity index (χ4v) is 4.55. The average molecular weight is 522 g/mol. The van der Waals surface area contributed by atoms with E-state index in [0.29, 0.717) is 6.04 Å². The normalized spacial score (nSPS) is 19.6. The molecule has 160 valence electrons. The molecule has 0 aromatic carbocycles. The van der Waals surface area contributed by atoms with E-state index in [-0.39, 0.29) is 24.0 Å². The highest BCUT2D eigenvalue weighted by Gasteiger charge is 2.21. The summed E-state index contributed by atoms with van der Waals surface area (Å²) in [5.41, 5.74) is 1.51. The number of nitrogens with zero attached hydrogens (tertiary/aromatic N) is 3. The first kappa shape index (κ1) is 23.9. The molecule has 0 spiro atoms. The fourth-order valence-electron chi connectivity index (χ4n) is 3.66. The van der Waals surface area contributed by atoms with Crippen LogP contribution in [0.5, 0.6) is 0 Å². The molecule has 28 heavy (non-hydrogen) atoms. The zero-order chi connectivity index (χ0) is 18.9. The number of thiophene rings is 1. The molecule has 2 aliphatic rings. The summed E-state index contributed by atoms with van der Waals surface area (Å²) in [4.78, 5) is 11.4. The first-order valence-electron chi connectivity index (χ1n) is 10.4. The minimum Gasteiger partial charge on any atom is -0.379 e. The van der Waals surface area contributed by atoms with Crippen LogP contribution in [0.25, 0.3) is 0 Å². The van der Waals surface area contributed by atoms with Crippen molar-refractivity contribution >= 4 is 41.3 Å². The van der Waals surface area contributed by atoms with E-state index in [9.17, 15) is 0 Å². The second kappa shape index (κ2) is 13.0. The van der Waals surface area contributed by atoms with Gasteiger partial charge in [-0.25, -0.2) is 0 Å². The third-order valence-corrected chi connectivity index (χ3v) is 6.39. The highest BCUT2D eigenvalue weighted by molar-refractivity contribution is 14.0. The van der Waals surface area contributed by atoms with E-state index in [1.807, 2.05) is 11.3 Å². The molecule has 0 saturated carbocycles. The molecule has 1 unspecified atom stereocenters. The van der Waals surface area contributed by atoms with Crippen molar-refractivity contribution in [3.63, 3.8) is 0 Å². The minimum atomic E-state index is 0. The van der Waals surface area contributed by atoms with Crippen molar-refractivity contribution in [2.75, 3.05) is 59.0 Å². The first-order valence-corrected chi connectivity index (χ1v) is 11.3. The SMILES string of the molecule is CCNC(=NCC(C)N1CCc2sccc2C1)NCCCN1CCOCC1.I. The van der Waals surface area contributed by atoms with E-state index in [2.05, 4.69) is 45.7 Å². The van der Waals surface area contributed by atoms with E-state index in [1.54, 1.807) is 4.88 Å². The Hall–Kier alpha value is -0.420. The predicted molar refractivity (Wildman–Crippen MR) is 129 cm³/mol. The van der Waals surface area contributed by atoms with Crippen molar-refractivity contribution in [3.05, 3.63) is 21.9 Å². The number of hydrogen-bond donors (Lipinski definition) is 2. The standard InChI is InChI=1S/C20H35N5OS.HI/c1-3-21-20(22-7-4-8-24-10-12-26-13-11-24)23-15-17(2)25-9-5-19-18(16-25)6-14-27-19;/h6,14,17H,3-5,7-13,15-16H2,1-2H3,(H2,21,22,23);1H. The number of hydrogen-bond acceptors (Lipinski definition) is 5. The largest absolute Gasteiger partial charge is 0.379 e. The van der Waals surface area contributed by atoms with Crippen molar-refractivity contribution in [1.82, 2.24) is 20.4 Å². The maximum atomic E-state index is 5.41. The Balaban J connectivity index is 0.00000280. The number of nitrogens with one attached hydrogen (secondary N) is 2. The van der Waals surface area contributed by atoms with Crippen molar-refractivity contribution in [3.8, 4) is 0 Å². The van der Waals surface area contributed by atoms with Crippen molar-refractivity contribution < 1.29 is 4.74 Å². The van der Waals surface area contributed by atoms with Crippen LogP contribution in [0.2, 0.25) is 0 Å². The second-order valence-electron chi connectivity index (χ2n) is 7.39. The van der Waals surface area contributed by atoms with Crippen LogP contribution in [0.15, 0.2) is 16.4 Å². The predicted octanol–water partition coefficient (Wildman–Crippen LogP) is 2.39. The van der Waals surface area contributed by atoms with Gasteiger partial charge in [-0.3, -0.25) is 14.8 Å². The van der Waals surface area contributed by atoms with E-state index in [0.717, 1.165) is 78.0 Å².